The number of aliphatic hydroxyl groups excluding tert-OH is 3. The van der Waals surface area contributed by atoms with Crippen LogP contribution in [0.2, 0.25) is 0 Å². The highest BCUT2D eigenvalue weighted by molar-refractivity contribution is 5.97. The summed E-state index contributed by atoms with van der Waals surface area (Å²) in [6, 6.07) is -8.59. The van der Waals surface area contributed by atoms with E-state index in [0.29, 0.717) is 12.8 Å². The Labute approximate surface area is 233 Å². The molecule has 18 heteroatoms. The van der Waals surface area contributed by atoms with Crippen LogP contribution in [0, 0.1) is 0 Å². The molecular weight excluding hydrogens is 552 g/mol. The van der Waals surface area contributed by atoms with Crippen molar-refractivity contribution in [3.05, 3.63) is 0 Å². The van der Waals surface area contributed by atoms with Crippen LogP contribution in [0.15, 0.2) is 0 Å². The van der Waals surface area contributed by atoms with Crippen LogP contribution in [-0.2, 0) is 33.6 Å². The van der Waals surface area contributed by atoms with Crippen molar-refractivity contribution in [2.75, 3.05) is 32.9 Å². The van der Waals surface area contributed by atoms with Crippen molar-refractivity contribution in [2.24, 2.45) is 5.73 Å². The highest BCUT2D eigenvalue weighted by Gasteiger charge is 2.43. The van der Waals surface area contributed by atoms with Gasteiger partial charge < -0.3 is 57.0 Å². The maximum Gasteiger partial charge on any atom is 0.326 e. The molecule has 2 heterocycles. The van der Waals surface area contributed by atoms with Crippen molar-refractivity contribution >= 4 is 41.5 Å². The summed E-state index contributed by atoms with van der Waals surface area (Å²) in [5.41, 5.74) is 5.35. The number of carboxylic acids is 2. The molecule has 0 radical (unpaired) electrons. The summed E-state index contributed by atoms with van der Waals surface area (Å²) < 4.78 is 0. The number of nitrogens with zero attached hydrogens (tertiary/aromatic N) is 2. The van der Waals surface area contributed by atoms with Crippen LogP contribution in [0.5, 0.6) is 0 Å². The van der Waals surface area contributed by atoms with Crippen LogP contribution in [-0.4, -0.2) is 146 Å². The quantitative estimate of drug-likeness (QED) is 0.0915. The third-order valence-corrected chi connectivity index (χ3v) is 6.80. The lowest BCUT2D eigenvalue weighted by atomic mass is 10.1. The van der Waals surface area contributed by atoms with E-state index < -0.39 is 104 Å². The maximum absolute atomic E-state index is 13.2. The van der Waals surface area contributed by atoms with Gasteiger partial charge in [-0.3, -0.25) is 28.8 Å². The Hall–Kier alpha value is -3.87. The molecule has 230 valence electrons. The van der Waals surface area contributed by atoms with E-state index in [2.05, 4.69) is 5.32 Å². The Kier molecular flexibility index (Phi) is 12.4. The molecule has 2 fully saturated rings. The Morgan fingerprint density at radius 1 is 0.707 bits per heavy atom. The molecule has 2 aliphatic heterocycles. The van der Waals surface area contributed by atoms with Gasteiger partial charge in [0.05, 0.1) is 26.2 Å². The van der Waals surface area contributed by atoms with Gasteiger partial charge >= 0.3 is 11.9 Å². The lowest BCUT2D eigenvalue weighted by Gasteiger charge is -2.32. The van der Waals surface area contributed by atoms with E-state index in [4.69, 9.17) is 15.9 Å². The van der Waals surface area contributed by atoms with Gasteiger partial charge in [-0.15, -0.1) is 0 Å². The maximum atomic E-state index is 13.2. The van der Waals surface area contributed by atoms with Gasteiger partial charge in [0, 0.05) is 13.1 Å². The summed E-state index contributed by atoms with van der Waals surface area (Å²) in [6.07, 6.45) is 0.476. The number of nitrogens with two attached hydrogens (primary N) is 1. The summed E-state index contributed by atoms with van der Waals surface area (Å²) in [7, 11) is 0. The minimum absolute atomic E-state index is 0.0971. The number of carboxylic acid groups (broad SMARTS) is 2. The predicted molar refractivity (Wildman–Crippen MR) is 134 cm³/mol. The van der Waals surface area contributed by atoms with Crippen LogP contribution >= 0.6 is 0 Å². The van der Waals surface area contributed by atoms with Crippen LogP contribution in [0.4, 0.5) is 0 Å². The Bertz CT molecular complexity index is 1030. The number of rotatable bonds is 14. The Morgan fingerprint density at radius 3 is 1.76 bits per heavy atom. The van der Waals surface area contributed by atoms with Crippen molar-refractivity contribution < 1.29 is 59.1 Å². The molecular formula is C23H36N6O12. The van der Waals surface area contributed by atoms with Crippen molar-refractivity contribution in [3.63, 3.8) is 0 Å². The van der Waals surface area contributed by atoms with E-state index in [9.17, 15) is 48.9 Å². The predicted octanol–water partition coefficient (Wildman–Crippen LogP) is -5.71. The molecule has 6 atom stereocenters. The first-order chi connectivity index (χ1) is 19.4. The van der Waals surface area contributed by atoms with E-state index in [1.807, 2.05) is 10.6 Å². The monoisotopic (exact) mass is 588 g/mol. The topological polar surface area (TPSA) is 289 Å². The van der Waals surface area contributed by atoms with Gasteiger partial charge in [-0.05, 0) is 25.7 Å². The first-order valence-electron chi connectivity index (χ1n) is 12.9. The third kappa shape index (κ3) is 8.56. The van der Waals surface area contributed by atoms with E-state index in [1.54, 1.807) is 0 Å². The molecule has 0 saturated carbocycles. The second kappa shape index (κ2) is 15.2. The molecule has 0 unspecified atom stereocenters. The van der Waals surface area contributed by atoms with Gasteiger partial charge in [0.2, 0.25) is 29.5 Å². The van der Waals surface area contributed by atoms with Gasteiger partial charge in [0.1, 0.15) is 36.3 Å². The van der Waals surface area contributed by atoms with Crippen LogP contribution in [0.3, 0.4) is 0 Å². The lowest BCUT2D eigenvalue weighted by Crippen LogP contribution is -2.60. The van der Waals surface area contributed by atoms with Gasteiger partial charge in [0.25, 0.3) is 0 Å². The second-order valence-electron chi connectivity index (χ2n) is 9.65. The number of hydrogen-bond acceptors (Lipinski definition) is 11. The number of amides is 5. The molecule has 2 rings (SSSR count). The molecule has 0 aromatic carbocycles. The molecule has 41 heavy (non-hydrogen) atoms. The molecule has 0 aromatic rings. The number of likely N-dealkylation sites (tertiary alicyclic amines) is 2. The van der Waals surface area contributed by atoms with Crippen LogP contribution in [0.25, 0.3) is 0 Å². The SMILES string of the molecule is N[C@@H](CO)C(=O)N[C@@H](CC(=O)O)C(=O)N[C@@H](CO)C(=O)N[C@@H](CO)C(=O)N1CCC[C@H]1C(=O)N1CCC[C@H]1C(=O)O. The first kappa shape index (κ1) is 33.3. The summed E-state index contributed by atoms with van der Waals surface area (Å²) in [4.78, 5) is 88.7. The normalized spacial score (nSPS) is 21.4. The zero-order valence-corrected chi connectivity index (χ0v) is 22.1. The van der Waals surface area contributed by atoms with Crippen molar-refractivity contribution in [1.29, 1.82) is 0 Å². The largest absolute Gasteiger partial charge is 0.481 e. The zero-order valence-electron chi connectivity index (χ0n) is 22.1. The molecule has 0 bridgehead atoms. The number of hydrogen-bond donors (Lipinski definition) is 9. The van der Waals surface area contributed by atoms with Crippen molar-refractivity contribution in [3.8, 4) is 0 Å². The Balaban J connectivity index is 2.09. The van der Waals surface area contributed by atoms with E-state index in [0.717, 1.165) is 4.90 Å². The standard InChI is InChI=1S/C23H36N6O12/c24-11(8-30)18(35)25-12(7-17(33)34)19(36)26-13(9-31)20(37)27-14(10-32)21(38)28-5-1-3-15(28)22(39)29-6-2-4-16(29)23(40)41/h11-16,30-32H,1-10,24H2,(H,25,35)(H,26,36)(H,27,37)(H,33,34)(H,40,41)/t11-,12-,13-,14-,15-,16-/m0/s1. The average Bonchev–Trinajstić information content (AvgIpc) is 3.63. The molecule has 0 aromatic heterocycles. The fourth-order valence-electron chi connectivity index (χ4n) is 4.64. The summed E-state index contributed by atoms with van der Waals surface area (Å²) in [5.74, 6) is -7.47. The van der Waals surface area contributed by atoms with E-state index in [1.165, 1.54) is 4.90 Å². The number of carbonyl (C=O) groups excluding carboxylic acids is 5. The van der Waals surface area contributed by atoms with Crippen LogP contribution in [0.1, 0.15) is 32.1 Å². The van der Waals surface area contributed by atoms with Crippen molar-refractivity contribution in [1.82, 2.24) is 25.8 Å². The van der Waals surface area contributed by atoms with Gasteiger partial charge in [-0.2, -0.15) is 0 Å². The van der Waals surface area contributed by atoms with Gasteiger partial charge in [0.15, 0.2) is 0 Å². The fraction of sp³-hybridized carbons (Fsp3) is 0.696. The number of aliphatic hydroxyl groups is 3. The van der Waals surface area contributed by atoms with Gasteiger partial charge in [-0.1, -0.05) is 0 Å². The Morgan fingerprint density at radius 2 is 1.22 bits per heavy atom. The number of nitrogens with one attached hydrogen (secondary N) is 3. The minimum atomic E-state index is -1.75. The molecule has 10 N–H and O–H groups in total. The average molecular weight is 589 g/mol. The second-order valence-corrected chi connectivity index (χ2v) is 9.65. The summed E-state index contributed by atoms with van der Waals surface area (Å²) in [5, 5.41) is 53.2. The van der Waals surface area contributed by atoms with E-state index in [-0.39, 0.29) is 25.9 Å². The summed E-state index contributed by atoms with van der Waals surface area (Å²) >= 11 is 0. The minimum Gasteiger partial charge on any atom is -0.481 e. The summed E-state index contributed by atoms with van der Waals surface area (Å²) in [6.45, 7) is -2.44. The number of aliphatic carboxylic acids is 2. The third-order valence-electron chi connectivity index (χ3n) is 6.80. The number of carbonyl (C=O) groups is 7. The molecule has 0 aliphatic carbocycles. The zero-order chi connectivity index (χ0) is 30.9. The van der Waals surface area contributed by atoms with E-state index >= 15 is 0 Å². The molecule has 18 nitrogen and oxygen atoms in total. The smallest absolute Gasteiger partial charge is 0.326 e. The molecule has 5 amide bonds. The molecule has 2 aliphatic rings. The van der Waals surface area contributed by atoms with Crippen molar-refractivity contribution in [2.45, 2.75) is 68.4 Å². The first-order valence-corrected chi connectivity index (χ1v) is 12.9. The molecule has 2 saturated heterocycles. The lowest BCUT2D eigenvalue weighted by molar-refractivity contribution is -0.152. The van der Waals surface area contributed by atoms with Crippen LogP contribution < -0.4 is 21.7 Å². The highest BCUT2D eigenvalue weighted by Crippen LogP contribution is 2.25. The van der Waals surface area contributed by atoms with Gasteiger partial charge in [-0.25, -0.2) is 4.79 Å². The molecule has 0 spiro atoms. The highest BCUT2D eigenvalue weighted by atomic mass is 16.4. The fourth-order valence-corrected chi connectivity index (χ4v) is 4.64.